The second-order valence-electron chi connectivity index (χ2n) is 11.1. The Morgan fingerprint density at radius 1 is 0.795 bits per heavy atom. The van der Waals surface area contributed by atoms with Gasteiger partial charge in [-0.2, -0.15) is 0 Å². The minimum Gasteiger partial charge on any atom is -0.443 e. The van der Waals surface area contributed by atoms with Crippen LogP contribution < -0.4 is 15.1 Å². The topological polar surface area (TPSA) is 125 Å². The molecule has 0 saturated heterocycles. The van der Waals surface area contributed by atoms with Crippen LogP contribution in [0, 0.1) is 0 Å². The van der Waals surface area contributed by atoms with Crippen LogP contribution in [0.25, 0.3) is 0 Å². The van der Waals surface area contributed by atoms with Gasteiger partial charge in [-0.3, -0.25) is 0 Å². The van der Waals surface area contributed by atoms with Gasteiger partial charge < -0.3 is 28.5 Å². The summed E-state index contributed by atoms with van der Waals surface area (Å²) in [5.74, 6) is 2.32. The lowest BCUT2D eigenvalue weighted by Crippen LogP contribution is -2.36. The molecule has 0 radical (unpaired) electrons. The van der Waals surface area contributed by atoms with Gasteiger partial charge in [-0.15, -0.1) is 0 Å². The number of imidazole rings is 3. The first kappa shape index (κ1) is 28.5. The van der Waals surface area contributed by atoms with Gasteiger partial charge in [-0.05, 0) is 57.5 Å². The number of aromatic nitrogens is 6. The Kier molecular flexibility index (Phi) is 8.23. The molecule has 3 aromatic rings. The molecule has 14 heteroatoms. The first-order valence-corrected chi connectivity index (χ1v) is 13.6. The van der Waals surface area contributed by atoms with E-state index in [1.165, 1.54) is 0 Å². The molecule has 13 nitrogen and oxygen atoms in total. The summed E-state index contributed by atoms with van der Waals surface area (Å²) < 4.78 is 17.4. The van der Waals surface area contributed by atoms with E-state index < -0.39 is 11.2 Å². The van der Waals surface area contributed by atoms with E-state index in [4.69, 9.17) is 9.47 Å². The number of rotatable bonds is 0. The predicted octanol–water partition coefficient (Wildman–Crippen LogP) is 4.35. The van der Waals surface area contributed by atoms with E-state index in [2.05, 4.69) is 40.8 Å². The van der Waals surface area contributed by atoms with Crippen molar-refractivity contribution in [2.24, 2.45) is 0 Å². The molecule has 39 heavy (non-hydrogen) atoms. The number of carbonyl (C=O) groups excluding carboxylic acids is 2. The number of hydrogen-bond donors (Lipinski definition) is 1. The smallest absolute Gasteiger partial charge is 0.417 e. The molecule has 0 atom stereocenters. The maximum absolute atomic E-state index is 11.9. The van der Waals surface area contributed by atoms with Crippen LogP contribution >= 0.6 is 15.9 Å². The van der Waals surface area contributed by atoms with Crippen molar-refractivity contribution in [3.8, 4) is 0 Å². The number of fused-ring (bicyclic) bond motifs is 3. The summed E-state index contributed by atoms with van der Waals surface area (Å²) in [7, 11) is 0. The van der Waals surface area contributed by atoms with Crippen molar-refractivity contribution in [3.63, 3.8) is 0 Å². The summed E-state index contributed by atoms with van der Waals surface area (Å²) in [4.78, 5) is 39.1. The van der Waals surface area contributed by atoms with Crippen molar-refractivity contribution >= 4 is 46.0 Å². The first-order chi connectivity index (χ1) is 18.3. The summed E-state index contributed by atoms with van der Waals surface area (Å²) in [6.45, 7) is 16.0. The number of carbonyl (C=O) groups is 2. The average molecular weight is 607 g/mol. The zero-order chi connectivity index (χ0) is 28.4. The molecule has 212 valence electrons. The molecule has 3 aliphatic rings. The Morgan fingerprint density at radius 3 is 2.03 bits per heavy atom. The fraction of sp³-hybridized carbons (Fsp3) is 0.560. The van der Waals surface area contributed by atoms with Gasteiger partial charge in [0.2, 0.25) is 17.8 Å². The second kappa shape index (κ2) is 11.3. The second-order valence-corrected chi connectivity index (χ2v) is 11.9. The van der Waals surface area contributed by atoms with Crippen LogP contribution in [0.2, 0.25) is 0 Å². The van der Waals surface area contributed by atoms with Crippen molar-refractivity contribution in [1.29, 1.82) is 0 Å². The Balaban J connectivity index is 0.000000142. The van der Waals surface area contributed by atoms with Crippen LogP contribution in [0.3, 0.4) is 0 Å². The number of nitrogens with one attached hydrogen (secondary N) is 1. The van der Waals surface area contributed by atoms with E-state index in [0.29, 0.717) is 25.0 Å². The van der Waals surface area contributed by atoms with Gasteiger partial charge in [0.1, 0.15) is 15.8 Å². The van der Waals surface area contributed by atoms with Crippen molar-refractivity contribution in [2.75, 3.05) is 34.8 Å². The number of hydrogen-bond acceptors (Lipinski definition) is 8. The Hall–Kier alpha value is -3.55. The first-order valence-electron chi connectivity index (χ1n) is 12.8. The molecular formula is C25H36BrN9O4. The molecule has 0 bridgehead atoms. The maximum atomic E-state index is 11.9. The highest BCUT2D eigenvalue weighted by molar-refractivity contribution is 9.10. The summed E-state index contributed by atoms with van der Waals surface area (Å²) >= 11 is 3.38. The SMILES string of the molecule is CC(C)(C)OC(=O)N1CCn2c(Br)cnc21.CC(C)(C)OC(=O)N1CCn2ccnc21.c1cn2c(n1)NCC2. The van der Waals surface area contributed by atoms with Gasteiger partial charge in [0.05, 0.1) is 19.3 Å². The van der Waals surface area contributed by atoms with Crippen LogP contribution in [-0.4, -0.2) is 71.7 Å². The van der Waals surface area contributed by atoms with E-state index in [1.54, 1.807) is 22.2 Å². The van der Waals surface area contributed by atoms with E-state index in [9.17, 15) is 9.59 Å². The van der Waals surface area contributed by atoms with Crippen molar-refractivity contribution < 1.29 is 19.1 Å². The molecule has 1 N–H and O–H groups in total. The van der Waals surface area contributed by atoms with Crippen LogP contribution in [0.4, 0.5) is 27.4 Å². The molecule has 0 unspecified atom stereocenters. The highest BCUT2D eigenvalue weighted by Gasteiger charge is 2.31. The lowest BCUT2D eigenvalue weighted by atomic mass is 10.2. The fourth-order valence-corrected chi connectivity index (χ4v) is 4.46. The average Bonchev–Trinajstić information content (AvgIpc) is 3.60. The Labute approximate surface area is 236 Å². The molecule has 0 aliphatic carbocycles. The standard InChI is InChI=1S/C10H14BrN3O2.C10H15N3O2.C5H7N3/c1-10(2,3)16-9(15)14-5-4-13-7(11)6-12-8(13)14;1-10(2,3)15-9(14)13-7-6-12-5-4-11-8(12)13;1-3-8-4-2-7-5(8)6-1/h6H,4-5H2,1-3H3;4-5H,6-7H2,1-3H3;1,3H,2,4H2,(H,6,7). The van der Waals surface area contributed by atoms with Crippen LogP contribution in [0.15, 0.2) is 35.6 Å². The fourth-order valence-electron chi connectivity index (χ4n) is 4.02. The summed E-state index contributed by atoms with van der Waals surface area (Å²) in [6.07, 6.45) is 8.35. The van der Waals surface area contributed by atoms with Crippen LogP contribution in [-0.2, 0) is 29.1 Å². The normalized spacial score (nSPS) is 15.3. The van der Waals surface area contributed by atoms with E-state index in [0.717, 1.165) is 36.7 Å². The van der Waals surface area contributed by atoms with Crippen molar-refractivity contribution in [3.05, 3.63) is 35.6 Å². The molecule has 3 aromatic heterocycles. The number of ether oxygens (including phenoxy) is 2. The monoisotopic (exact) mass is 605 g/mol. The molecular weight excluding hydrogens is 570 g/mol. The summed E-state index contributed by atoms with van der Waals surface area (Å²) in [5, 5.41) is 3.13. The minimum atomic E-state index is -0.478. The van der Waals surface area contributed by atoms with Crippen LogP contribution in [0.5, 0.6) is 0 Å². The van der Waals surface area contributed by atoms with E-state index in [-0.39, 0.29) is 12.2 Å². The predicted molar refractivity (Wildman–Crippen MR) is 150 cm³/mol. The molecule has 0 fully saturated rings. The molecule has 6 rings (SSSR count). The minimum absolute atomic E-state index is 0.326. The maximum Gasteiger partial charge on any atom is 0.417 e. The lowest BCUT2D eigenvalue weighted by molar-refractivity contribution is 0.0572. The highest BCUT2D eigenvalue weighted by atomic mass is 79.9. The van der Waals surface area contributed by atoms with Gasteiger partial charge in [0.25, 0.3) is 0 Å². The zero-order valence-electron chi connectivity index (χ0n) is 23.2. The summed E-state index contributed by atoms with van der Waals surface area (Å²) in [5.41, 5.74) is -0.939. The van der Waals surface area contributed by atoms with Crippen LogP contribution in [0.1, 0.15) is 41.5 Å². The van der Waals surface area contributed by atoms with Gasteiger partial charge in [-0.25, -0.2) is 34.3 Å². The Morgan fingerprint density at radius 2 is 1.38 bits per heavy atom. The number of amides is 2. The van der Waals surface area contributed by atoms with Gasteiger partial charge in [0.15, 0.2) is 0 Å². The Bertz CT molecular complexity index is 1280. The van der Waals surface area contributed by atoms with Gasteiger partial charge in [-0.1, -0.05) is 0 Å². The number of nitrogens with zero attached hydrogens (tertiary/aromatic N) is 8. The molecule has 0 aromatic carbocycles. The largest absolute Gasteiger partial charge is 0.443 e. The van der Waals surface area contributed by atoms with Crippen molar-refractivity contribution in [1.82, 2.24) is 28.7 Å². The number of halogens is 1. The van der Waals surface area contributed by atoms with E-state index in [1.807, 2.05) is 69.3 Å². The van der Waals surface area contributed by atoms with Gasteiger partial charge >= 0.3 is 12.2 Å². The number of anilines is 3. The highest BCUT2D eigenvalue weighted by Crippen LogP contribution is 2.26. The molecule has 2 amide bonds. The lowest BCUT2D eigenvalue weighted by Gasteiger charge is -2.23. The van der Waals surface area contributed by atoms with E-state index >= 15 is 0 Å². The molecule has 6 heterocycles. The third-order valence-electron chi connectivity index (χ3n) is 5.65. The zero-order valence-corrected chi connectivity index (χ0v) is 24.8. The van der Waals surface area contributed by atoms with Gasteiger partial charge in [0, 0.05) is 51.0 Å². The molecule has 0 spiro atoms. The molecule has 0 saturated carbocycles. The third kappa shape index (κ3) is 7.11. The van der Waals surface area contributed by atoms with Crippen molar-refractivity contribution in [2.45, 2.75) is 72.4 Å². The third-order valence-corrected chi connectivity index (χ3v) is 6.29. The summed E-state index contributed by atoms with van der Waals surface area (Å²) in [6, 6.07) is 0. The molecule has 3 aliphatic heterocycles. The quantitative estimate of drug-likeness (QED) is 0.401.